The van der Waals surface area contributed by atoms with E-state index in [0.717, 1.165) is 0 Å². The van der Waals surface area contributed by atoms with Crippen molar-refractivity contribution in [2.45, 2.75) is 4.34 Å². The van der Waals surface area contributed by atoms with Gasteiger partial charge in [0.1, 0.15) is 5.82 Å². The number of nitrogen functional groups attached to an aromatic ring is 1. The maximum Gasteiger partial charge on any atom is 0.321 e. The highest BCUT2D eigenvalue weighted by molar-refractivity contribution is 8.01. The number of nitrogens with zero attached hydrogens (tertiary/aromatic N) is 4. The van der Waals surface area contributed by atoms with Gasteiger partial charge in [0.05, 0.1) is 20.0 Å². The molecule has 2 heterocycles. The standard InChI is InChI=1S/C10H12N6O3S2/c1-18-7-3-5(13-9(14-7)19-2)12-6(17)4-20-10-16-15-8(11)21-10/h3H,4H2,1-2H3,(H2,11,15)(H,12,13,14,17). The van der Waals surface area contributed by atoms with Crippen LogP contribution in [0.25, 0.3) is 0 Å². The molecule has 2 aromatic rings. The number of amides is 1. The third kappa shape index (κ3) is 4.43. The van der Waals surface area contributed by atoms with Crippen molar-refractivity contribution < 1.29 is 14.3 Å². The maximum atomic E-state index is 11.8. The molecule has 0 spiro atoms. The SMILES string of the molecule is COc1cc(NC(=O)CSc2nnc(N)s2)nc(OC)n1. The summed E-state index contributed by atoms with van der Waals surface area (Å²) in [6.07, 6.45) is 0. The minimum absolute atomic E-state index is 0.106. The van der Waals surface area contributed by atoms with Crippen LogP contribution in [0.15, 0.2) is 10.4 Å². The number of thioether (sulfide) groups is 1. The van der Waals surface area contributed by atoms with E-state index in [1.54, 1.807) is 0 Å². The van der Waals surface area contributed by atoms with Gasteiger partial charge in [-0.2, -0.15) is 9.97 Å². The van der Waals surface area contributed by atoms with Crippen molar-refractivity contribution in [2.75, 3.05) is 31.0 Å². The molecule has 0 aromatic carbocycles. The molecular formula is C10H12N6O3S2. The molecule has 0 aliphatic heterocycles. The van der Waals surface area contributed by atoms with Crippen molar-refractivity contribution in [1.29, 1.82) is 0 Å². The van der Waals surface area contributed by atoms with Gasteiger partial charge in [-0.25, -0.2) is 0 Å². The van der Waals surface area contributed by atoms with Crippen molar-refractivity contribution in [2.24, 2.45) is 0 Å². The molecule has 2 aromatic heterocycles. The van der Waals surface area contributed by atoms with Gasteiger partial charge in [0, 0.05) is 6.07 Å². The molecule has 0 unspecified atom stereocenters. The van der Waals surface area contributed by atoms with Gasteiger partial charge in [-0.05, 0) is 0 Å². The topological polar surface area (TPSA) is 125 Å². The number of rotatable bonds is 6. The largest absolute Gasteiger partial charge is 0.481 e. The molecule has 0 atom stereocenters. The average Bonchev–Trinajstić information content (AvgIpc) is 2.90. The molecule has 1 amide bonds. The number of carbonyl (C=O) groups excluding carboxylic acids is 1. The minimum Gasteiger partial charge on any atom is -0.481 e. The van der Waals surface area contributed by atoms with Gasteiger partial charge in [-0.1, -0.05) is 23.1 Å². The van der Waals surface area contributed by atoms with E-state index in [9.17, 15) is 4.79 Å². The monoisotopic (exact) mass is 328 g/mol. The van der Waals surface area contributed by atoms with Gasteiger partial charge in [0.2, 0.25) is 16.9 Å². The van der Waals surface area contributed by atoms with Crippen LogP contribution in [-0.2, 0) is 4.79 Å². The molecule has 0 fully saturated rings. The van der Waals surface area contributed by atoms with E-state index < -0.39 is 0 Å². The Bertz CT molecular complexity index is 613. The highest BCUT2D eigenvalue weighted by atomic mass is 32.2. The first-order chi connectivity index (χ1) is 10.1. The first kappa shape index (κ1) is 15.3. The number of nitrogens with two attached hydrogens (primary N) is 1. The molecule has 2 rings (SSSR count). The Kier molecular flexibility index (Phi) is 5.11. The molecule has 0 aliphatic carbocycles. The highest BCUT2D eigenvalue weighted by Gasteiger charge is 2.10. The van der Waals surface area contributed by atoms with Crippen LogP contribution in [-0.4, -0.2) is 46.0 Å². The normalized spacial score (nSPS) is 10.2. The second-order valence-electron chi connectivity index (χ2n) is 3.53. The zero-order valence-corrected chi connectivity index (χ0v) is 12.8. The molecule has 3 N–H and O–H groups in total. The summed E-state index contributed by atoms with van der Waals surface area (Å²) in [5, 5.41) is 10.5. The van der Waals surface area contributed by atoms with Crippen LogP contribution in [0.4, 0.5) is 10.9 Å². The average molecular weight is 328 g/mol. The summed E-state index contributed by atoms with van der Waals surface area (Å²) in [6.45, 7) is 0. The lowest BCUT2D eigenvalue weighted by atomic mass is 10.5. The summed E-state index contributed by atoms with van der Waals surface area (Å²) in [7, 11) is 2.89. The fourth-order valence-corrected chi connectivity index (χ4v) is 2.68. The zero-order chi connectivity index (χ0) is 15.2. The van der Waals surface area contributed by atoms with Crippen LogP contribution < -0.4 is 20.5 Å². The van der Waals surface area contributed by atoms with Gasteiger partial charge in [0.25, 0.3) is 0 Å². The van der Waals surface area contributed by atoms with Crippen LogP contribution in [0.5, 0.6) is 11.9 Å². The summed E-state index contributed by atoms with van der Waals surface area (Å²) < 4.78 is 10.5. The van der Waals surface area contributed by atoms with Crippen molar-refractivity contribution in [1.82, 2.24) is 20.2 Å². The highest BCUT2D eigenvalue weighted by Crippen LogP contribution is 2.23. The quantitative estimate of drug-likeness (QED) is 0.735. The molecule has 0 radical (unpaired) electrons. The van der Waals surface area contributed by atoms with Crippen LogP contribution >= 0.6 is 23.1 Å². The van der Waals surface area contributed by atoms with E-state index in [1.165, 1.54) is 43.4 Å². The van der Waals surface area contributed by atoms with Gasteiger partial charge in [0.15, 0.2) is 4.34 Å². The van der Waals surface area contributed by atoms with Gasteiger partial charge in [-0.3, -0.25) is 4.79 Å². The zero-order valence-electron chi connectivity index (χ0n) is 11.2. The summed E-state index contributed by atoms with van der Waals surface area (Å²) in [6, 6.07) is 1.60. The summed E-state index contributed by atoms with van der Waals surface area (Å²) in [5.74, 6) is 0.489. The van der Waals surface area contributed by atoms with E-state index in [4.69, 9.17) is 15.2 Å². The van der Waals surface area contributed by atoms with Crippen LogP contribution in [0.3, 0.4) is 0 Å². The first-order valence-electron chi connectivity index (χ1n) is 5.59. The number of ether oxygens (including phenoxy) is 2. The van der Waals surface area contributed by atoms with Gasteiger partial charge >= 0.3 is 6.01 Å². The summed E-state index contributed by atoms with van der Waals surface area (Å²) >= 11 is 2.46. The number of hydrogen-bond acceptors (Lipinski definition) is 10. The number of nitrogens with one attached hydrogen (secondary N) is 1. The van der Waals surface area contributed by atoms with Crippen molar-refractivity contribution >= 4 is 40.0 Å². The predicted octanol–water partition coefficient (Wildman–Crippen LogP) is 0.658. The Morgan fingerprint density at radius 2 is 2.19 bits per heavy atom. The maximum absolute atomic E-state index is 11.8. The summed E-state index contributed by atoms with van der Waals surface area (Å²) in [4.78, 5) is 19.8. The Morgan fingerprint density at radius 3 is 2.81 bits per heavy atom. The molecule has 21 heavy (non-hydrogen) atoms. The molecule has 0 saturated heterocycles. The fourth-order valence-electron chi connectivity index (χ4n) is 1.25. The van der Waals surface area contributed by atoms with E-state index in [-0.39, 0.29) is 17.7 Å². The Balaban J connectivity index is 1.95. The lowest BCUT2D eigenvalue weighted by Gasteiger charge is -2.07. The molecule has 0 saturated carbocycles. The molecule has 9 nitrogen and oxygen atoms in total. The lowest BCUT2D eigenvalue weighted by molar-refractivity contribution is -0.113. The fraction of sp³-hybridized carbons (Fsp3) is 0.300. The number of carbonyl (C=O) groups is 1. The lowest BCUT2D eigenvalue weighted by Crippen LogP contribution is -2.15. The Hall–Kier alpha value is -2.14. The molecular weight excluding hydrogens is 316 g/mol. The predicted molar refractivity (Wildman–Crippen MR) is 78.8 cm³/mol. The van der Waals surface area contributed by atoms with Gasteiger partial charge < -0.3 is 20.5 Å². The van der Waals surface area contributed by atoms with E-state index in [2.05, 4.69) is 25.5 Å². The Morgan fingerprint density at radius 1 is 1.38 bits per heavy atom. The van der Waals surface area contributed by atoms with Gasteiger partial charge in [-0.15, -0.1) is 10.2 Å². The molecule has 112 valence electrons. The van der Waals surface area contributed by atoms with E-state index in [1.807, 2.05) is 0 Å². The number of hydrogen-bond donors (Lipinski definition) is 2. The third-order valence-electron chi connectivity index (χ3n) is 2.09. The van der Waals surface area contributed by atoms with Crippen molar-refractivity contribution in [3.63, 3.8) is 0 Å². The van der Waals surface area contributed by atoms with E-state index in [0.29, 0.717) is 21.2 Å². The molecule has 0 bridgehead atoms. The third-order valence-corrected chi connectivity index (χ3v) is 3.98. The van der Waals surface area contributed by atoms with Crippen LogP contribution in [0, 0.1) is 0 Å². The second kappa shape index (κ2) is 7.04. The number of methoxy groups -OCH3 is 2. The molecule has 11 heteroatoms. The van der Waals surface area contributed by atoms with Crippen LogP contribution in [0.2, 0.25) is 0 Å². The van der Waals surface area contributed by atoms with E-state index >= 15 is 0 Å². The number of anilines is 2. The minimum atomic E-state index is -0.253. The van der Waals surface area contributed by atoms with Crippen molar-refractivity contribution in [3.05, 3.63) is 6.07 Å². The van der Waals surface area contributed by atoms with Crippen LogP contribution in [0.1, 0.15) is 0 Å². The second-order valence-corrected chi connectivity index (χ2v) is 5.76. The van der Waals surface area contributed by atoms with Crippen molar-refractivity contribution in [3.8, 4) is 11.9 Å². The molecule has 0 aliphatic rings. The Labute approximate surface area is 128 Å². The summed E-state index contributed by atoms with van der Waals surface area (Å²) in [5.41, 5.74) is 5.46. The first-order valence-corrected chi connectivity index (χ1v) is 7.39. The number of aromatic nitrogens is 4. The smallest absolute Gasteiger partial charge is 0.321 e.